The quantitative estimate of drug-likeness (QED) is 0.580. The van der Waals surface area contributed by atoms with E-state index < -0.39 is 0 Å². The summed E-state index contributed by atoms with van der Waals surface area (Å²) in [6, 6.07) is 8.38. The molecule has 0 atom stereocenters. The molecular formula is C10H6INS2. The number of benzene rings is 1. The first-order chi connectivity index (χ1) is 6.77. The van der Waals surface area contributed by atoms with Crippen molar-refractivity contribution in [3.63, 3.8) is 0 Å². The third-order valence-corrected chi connectivity index (χ3v) is 5.56. The zero-order chi connectivity index (χ0) is 10.1. The fourth-order valence-corrected chi connectivity index (χ4v) is 3.97. The average molecular weight is 331 g/mol. The number of fused-ring (bicyclic) bond motifs is 1. The highest BCUT2D eigenvalue weighted by Crippen LogP contribution is 2.38. The lowest BCUT2D eigenvalue weighted by molar-refractivity contribution is 1.48. The molecule has 1 aromatic heterocycles. The lowest BCUT2D eigenvalue weighted by Gasteiger charge is -1.91. The van der Waals surface area contributed by atoms with Crippen LogP contribution in [0.1, 0.15) is 5.56 Å². The van der Waals surface area contributed by atoms with Crippen molar-refractivity contribution >= 4 is 55.8 Å². The monoisotopic (exact) mass is 331 g/mol. The molecular weight excluding hydrogens is 325 g/mol. The molecule has 0 radical (unpaired) electrons. The molecule has 4 heteroatoms. The zero-order valence-electron chi connectivity index (χ0n) is 7.37. The topological polar surface area (TPSA) is 23.8 Å². The van der Waals surface area contributed by atoms with E-state index in [1.807, 2.05) is 18.4 Å². The molecule has 0 fully saturated rings. The molecule has 1 aromatic carbocycles. The predicted molar refractivity (Wildman–Crippen MR) is 71.0 cm³/mol. The molecule has 2 aromatic rings. The van der Waals surface area contributed by atoms with E-state index in [1.54, 1.807) is 23.1 Å². The predicted octanol–water partition coefficient (Wildman–Crippen LogP) is 4.10. The summed E-state index contributed by atoms with van der Waals surface area (Å²) in [4.78, 5) is 0. The van der Waals surface area contributed by atoms with Crippen LogP contribution in [0.25, 0.3) is 10.1 Å². The Morgan fingerprint density at radius 2 is 2.29 bits per heavy atom. The number of thioether (sulfide) groups is 1. The number of hydrogen-bond donors (Lipinski definition) is 0. The largest absolute Gasteiger partial charge is 0.192 e. The Morgan fingerprint density at radius 3 is 2.93 bits per heavy atom. The van der Waals surface area contributed by atoms with E-state index >= 15 is 0 Å². The van der Waals surface area contributed by atoms with Gasteiger partial charge in [0.25, 0.3) is 0 Å². The van der Waals surface area contributed by atoms with Gasteiger partial charge in [0, 0.05) is 8.96 Å². The molecule has 0 amide bonds. The van der Waals surface area contributed by atoms with Gasteiger partial charge in [-0.15, -0.1) is 23.1 Å². The van der Waals surface area contributed by atoms with E-state index in [-0.39, 0.29) is 0 Å². The Kier molecular flexibility index (Phi) is 3.00. The summed E-state index contributed by atoms with van der Waals surface area (Å²) in [5, 5.41) is 10.2. The number of nitrogens with zero attached hydrogens (tertiary/aromatic N) is 1. The van der Waals surface area contributed by atoms with Crippen LogP contribution in [0.5, 0.6) is 0 Å². The van der Waals surface area contributed by atoms with Gasteiger partial charge in [-0.25, -0.2) is 0 Å². The third kappa shape index (κ3) is 1.53. The zero-order valence-corrected chi connectivity index (χ0v) is 11.2. The lowest BCUT2D eigenvalue weighted by Crippen LogP contribution is -1.73. The van der Waals surface area contributed by atoms with Gasteiger partial charge in [0.2, 0.25) is 0 Å². The first kappa shape index (κ1) is 10.3. The van der Waals surface area contributed by atoms with Crippen molar-refractivity contribution in [1.82, 2.24) is 0 Å². The van der Waals surface area contributed by atoms with E-state index in [0.717, 1.165) is 15.2 Å². The van der Waals surface area contributed by atoms with Crippen LogP contribution in [0.4, 0.5) is 0 Å². The van der Waals surface area contributed by atoms with Crippen molar-refractivity contribution in [3.8, 4) is 6.07 Å². The Hall–Kier alpha value is -0.250. The Bertz CT molecular complexity index is 525. The first-order valence-corrected chi connectivity index (χ1v) is 7.05. The number of hydrogen-bond acceptors (Lipinski definition) is 3. The third-order valence-electron chi connectivity index (χ3n) is 1.93. The van der Waals surface area contributed by atoms with Gasteiger partial charge in [-0.05, 0) is 34.9 Å². The minimum Gasteiger partial charge on any atom is -0.192 e. The van der Waals surface area contributed by atoms with Crippen molar-refractivity contribution < 1.29 is 0 Å². The number of rotatable bonds is 1. The minimum absolute atomic E-state index is 0.830. The van der Waals surface area contributed by atoms with Gasteiger partial charge in [0.15, 0.2) is 0 Å². The van der Waals surface area contributed by atoms with Gasteiger partial charge in [-0.3, -0.25) is 0 Å². The second-order valence-electron chi connectivity index (χ2n) is 2.70. The van der Waals surface area contributed by atoms with Gasteiger partial charge in [0.1, 0.15) is 6.07 Å². The standard InChI is InChI=1S/C10H6INS2/c1-13-10-7(5-12)6-3-2-4-8(11)9(6)14-10/h2-4H,1H3. The van der Waals surface area contributed by atoms with Crippen LogP contribution in [-0.4, -0.2) is 6.26 Å². The van der Waals surface area contributed by atoms with Crippen molar-refractivity contribution in [2.75, 3.05) is 6.26 Å². The molecule has 0 aliphatic carbocycles. The maximum absolute atomic E-state index is 9.07. The van der Waals surface area contributed by atoms with E-state index in [0.29, 0.717) is 0 Å². The van der Waals surface area contributed by atoms with Crippen LogP contribution in [0, 0.1) is 14.9 Å². The SMILES string of the molecule is CSc1sc2c(I)cccc2c1C#N. The average Bonchev–Trinajstić information content (AvgIpc) is 2.57. The Labute approximate surface area is 104 Å². The fraction of sp³-hybridized carbons (Fsp3) is 0.100. The highest BCUT2D eigenvalue weighted by atomic mass is 127. The molecule has 2 rings (SSSR count). The molecule has 0 unspecified atom stereocenters. The van der Waals surface area contributed by atoms with Crippen molar-refractivity contribution in [2.24, 2.45) is 0 Å². The van der Waals surface area contributed by atoms with Gasteiger partial charge in [0.05, 0.1) is 14.5 Å². The summed E-state index contributed by atoms with van der Waals surface area (Å²) in [7, 11) is 0. The molecule has 1 heterocycles. The van der Waals surface area contributed by atoms with Crippen LogP contribution in [0.2, 0.25) is 0 Å². The van der Waals surface area contributed by atoms with Crippen molar-refractivity contribution in [2.45, 2.75) is 4.21 Å². The summed E-state index contributed by atoms with van der Waals surface area (Å²) in [6.45, 7) is 0. The molecule has 1 nitrogen and oxygen atoms in total. The highest BCUT2D eigenvalue weighted by molar-refractivity contribution is 14.1. The highest BCUT2D eigenvalue weighted by Gasteiger charge is 2.12. The van der Waals surface area contributed by atoms with Crippen LogP contribution >= 0.6 is 45.7 Å². The van der Waals surface area contributed by atoms with Gasteiger partial charge >= 0.3 is 0 Å². The number of nitriles is 1. The molecule has 0 saturated carbocycles. The van der Waals surface area contributed by atoms with E-state index in [4.69, 9.17) is 5.26 Å². The minimum atomic E-state index is 0.830. The van der Waals surface area contributed by atoms with E-state index in [1.165, 1.54) is 8.27 Å². The van der Waals surface area contributed by atoms with Crippen molar-refractivity contribution in [3.05, 3.63) is 27.3 Å². The lowest BCUT2D eigenvalue weighted by atomic mass is 10.2. The van der Waals surface area contributed by atoms with Gasteiger partial charge < -0.3 is 0 Å². The van der Waals surface area contributed by atoms with E-state index in [2.05, 4.69) is 34.7 Å². The Balaban J connectivity index is 2.88. The molecule has 0 N–H and O–H groups in total. The van der Waals surface area contributed by atoms with Crippen molar-refractivity contribution in [1.29, 1.82) is 5.26 Å². The van der Waals surface area contributed by atoms with Crippen LogP contribution in [0.3, 0.4) is 0 Å². The number of halogens is 1. The summed E-state index contributed by atoms with van der Waals surface area (Å²) < 4.78 is 3.57. The summed E-state index contributed by atoms with van der Waals surface area (Å²) in [5.41, 5.74) is 0.830. The fourth-order valence-electron chi connectivity index (χ4n) is 1.31. The summed E-state index contributed by atoms with van der Waals surface area (Å²) in [5.74, 6) is 0. The smallest absolute Gasteiger partial charge is 0.102 e. The Morgan fingerprint density at radius 1 is 1.50 bits per heavy atom. The van der Waals surface area contributed by atoms with Crippen LogP contribution in [0.15, 0.2) is 22.4 Å². The van der Waals surface area contributed by atoms with Gasteiger partial charge in [-0.1, -0.05) is 12.1 Å². The molecule has 14 heavy (non-hydrogen) atoms. The molecule has 70 valence electrons. The summed E-state index contributed by atoms with van der Waals surface area (Å²) >= 11 is 5.67. The molecule has 0 saturated heterocycles. The van der Waals surface area contributed by atoms with E-state index in [9.17, 15) is 0 Å². The molecule has 0 aliphatic rings. The van der Waals surface area contributed by atoms with Crippen LogP contribution < -0.4 is 0 Å². The second-order valence-corrected chi connectivity index (χ2v) is 5.95. The molecule has 0 bridgehead atoms. The second kappa shape index (κ2) is 4.09. The number of thiophene rings is 1. The maximum Gasteiger partial charge on any atom is 0.102 e. The normalized spacial score (nSPS) is 10.4. The van der Waals surface area contributed by atoms with Crippen LogP contribution in [-0.2, 0) is 0 Å². The van der Waals surface area contributed by atoms with Gasteiger partial charge in [-0.2, -0.15) is 5.26 Å². The molecule has 0 spiro atoms. The molecule has 0 aliphatic heterocycles. The first-order valence-electron chi connectivity index (χ1n) is 3.93. The summed E-state index contributed by atoms with van der Waals surface area (Å²) in [6.07, 6.45) is 2.01. The maximum atomic E-state index is 9.07.